The first-order valence-corrected chi connectivity index (χ1v) is 16.6. The van der Waals surface area contributed by atoms with Crippen LogP contribution in [0.15, 0.2) is 16.6 Å². The largest absolute Gasteiger partial charge is 0.458 e. The molecule has 1 unspecified atom stereocenters. The number of esters is 1. The normalized spacial score (nSPS) is 57.9. The average molecular weight is 604 g/mol. The number of fused-ring (bicyclic) bond motifs is 8. The molecule has 0 amide bonds. The van der Waals surface area contributed by atoms with Gasteiger partial charge in [0.15, 0.2) is 4.87 Å². The van der Waals surface area contributed by atoms with Gasteiger partial charge in [-0.25, -0.2) is 4.79 Å². The van der Waals surface area contributed by atoms with Crippen molar-refractivity contribution in [2.24, 2.45) is 39.5 Å². The summed E-state index contributed by atoms with van der Waals surface area (Å²) in [7, 11) is 0. The van der Waals surface area contributed by atoms with E-state index in [1.165, 1.54) is 6.08 Å². The van der Waals surface area contributed by atoms with E-state index in [2.05, 4.69) is 0 Å². The van der Waals surface area contributed by atoms with Crippen LogP contribution in [0.4, 0.5) is 0 Å². The molecular formula is C31H41NO9S. The Morgan fingerprint density at radius 2 is 1.93 bits per heavy atom. The number of hydrogen-bond donors (Lipinski definition) is 3. The molecule has 4 aliphatic carbocycles. The second-order valence-corrected chi connectivity index (χ2v) is 15.8. The Balaban J connectivity index is 1.11. The van der Waals surface area contributed by atoms with E-state index < -0.39 is 51.6 Å². The topological polar surface area (TPSA) is 144 Å². The van der Waals surface area contributed by atoms with Crippen LogP contribution in [0.1, 0.15) is 65.2 Å². The summed E-state index contributed by atoms with van der Waals surface area (Å²) in [5, 5.41) is 36.0. The van der Waals surface area contributed by atoms with Gasteiger partial charge in [-0.2, -0.15) is 0 Å². The zero-order valence-electron chi connectivity index (χ0n) is 24.1. The van der Waals surface area contributed by atoms with E-state index in [1.807, 2.05) is 20.1 Å². The molecular weight excluding hydrogens is 562 g/mol. The summed E-state index contributed by atoms with van der Waals surface area (Å²) in [6.07, 6.45) is 6.24. The highest BCUT2D eigenvalue weighted by molar-refractivity contribution is 8.01. The Bertz CT molecular complexity index is 1260. The third-order valence-corrected chi connectivity index (χ3v) is 14.2. The molecule has 2 saturated heterocycles. The molecule has 0 bridgehead atoms. The fraction of sp³-hybridized carbons (Fsp3) is 0.839. The summed E-state index contributed by atoms with van der Waals surface area (Å²) >= 11 is 1.54. The van der Waals surface area contributed by atoms with E-state index in [1.54, 1.807) is 11.8 Å². The van der Waals surface area contributed by atoms with Gasteiger partial charge in [-0.15, -0.1) is 11.8 Å². The lowest BCUT2D eigenvalue weighted by Gasteiger charge is -2.65. The van der Waals surface area contributed by atoms with E-state index in [0.29, 0.717) is 31.4 Å². The van der Waals surface area contributed by atoms with Crippen molar-refractivity contribution in [2.75, 3.05) is 12.4 Å². The van der Waals surface area contributed by atoms with Crippen LogP contribution in [0.25, 0.3) is 0 Å². The van der Waals surface area contributed by atoms with Gasteiger partial charge >= 0.3 is 5.97 Å². The minimum absolute atomic E-state index is 0.0554. The number of aliphatic imine (C=N–C) groups is 1. The zero-order valence-corrected chi connectivity index (χ0v) is 25.0. The molecule has 0 aromatic carbocycles. The fourth-order valence-corrected chi connectivity index (χ4v) is 12.3. The van der Waals surface area contributed by atoms with Gasteiger partial charge in [0, 0.05) is 47.6 Å². The standard InChI is InChI=1S/C31H41NO9S/c1-16-11-30(32-7-8-42-30)31(37)26(39-16)40-22-10-18-3-4-20-19(28(18,15-33)13-23(22)41-31)5-6-27(2)25(17-9-24(35)38-14-17)21(34)12-29(20,27)36/h7,9,15-16,18-23,25-26,34,36-37H,3-6,8,10-14H2,1-2H3/t16-,18+,19+,20-,21?,22-,23-,25+,26+,27-,28-,29+,30+,31-/m1/s1. The van der Waals surface area contributed by atoms with Crippen molar-refractivity contribution >= 4 is 30.2 Å². The minimum atomic E-state index is -1.77. The van der Waals surface area contributed by atoms with Crippen LogP contribution in [-0.2, 0) is 28.5 Å². The van der Waals surface area contributed by atoms with Crippen LogP contribution in [0, 0.1) is 34.5 Å². The minimum Gasteiger partial charge on any atom is -0.458 e. The van der Waals surface area contributed by atoms with Crippen molar-refractivity contribution in [3.8, 4) is 0 Å². The summed E-state index contributed by atoms with van der Waals surface area (Å²) in [6.45, 7) is 4.16. The van der Waals surface area contributed by atoms with Gasteiger partial charge in [0.1, 0.15) is 12.9 Å². The fourth-order valence-electron chi connectivity index (χ4n) is 11.1. The predicted octanol–water partition coefficient (Wildman–Crippen LogP) is 2.12. The predicted molar refractivity (Wildman–Crippen MR) is 150 cm³/mol. The second-order valence-electron chi connectivity index (χ2n) is 14.5. The third-order valence-electron chi connectivity index (χ3n) is 12.8. The maximum Gasteiger partial charge on any atom is 0.331 e. The number of carbonyl (C=O) groups is 2. The number of aliphatic hydroxyl groups is 3. The maximum absolute atomic E-state index is 13.3. The number of hydrogen-bond acceptors (Lipinski definition) is 11. The molecule has 1 spiro atoms. The van der Waals surface area contributed by atoms with Crippen LogP contribution < -0.4 is 0 Å². The smallest absolute Gasteiger partial charge is 0.331 e. The van der Waals surface area contributed by atoms with E-state index in [0.717, 1.165) is 31.1 Å². The molecule has 10 nitrogen and oxygen atoms in total. The molecule has 4 aliphatic heterocycles. The van der Waals surface area contributed by atoms with Gasteiger partial charge in [0.2, 0.25) is 6.29 Å². The summed E-state index contributed by atoms with van der Waals surface area (Å²) in [5.41, 5.74) is -1.83. The summed E-state index contributed by atoms with van der Waals surface area (Å²) in [6, 6.07) is 0. The monoisotopic (exact) mass is 603 g/mol. The maximum atomic E-state index is 13.3. The Morgan fingerprint density at radius 1 is 1.10 bits per heavy atom. The molecule has 4 heterocycles. The third kappa shape index (κ3) is 3.42. The molecule has 0 aromatic rings. The van der Waals surface area contributed by atoms with Gasteiger partial charge < -0.3 is 39.1 Å². The number of aliphatic hydroxyl groups excluding tert-OH is 1. The summed E-state index contributed by atoms with van der Waals surface area (Å²) < 4.78 is 24.4. The first-order valence-electron chi connectivity index (χ1n) is 15.6. The average Bonchev–Trinajstić information content (AvgIpc) is 3.64. The van der Waals surface area contributed by atoms with Gasteiger partial charge in [0.05, 0.1) is 30.0 Å². The molecule has 230 valence electrons. The van der Waals surface area contributed by atoms with Gasteiger partial charge in [-0.1, -0.05) is 6.92 Å². The van der Waals surface area contributed by atoms with E-state index in [-0.39, 0.29) is 48.9 Å². The number of nitrogens with zero attached hydrogens (tertiary/aromatic N) is 1. The van der Waals surface area contributed by atoms with E-state index >= 15 is 0 Å². The van der Waals surface area contributed by atoms with Crippen LogP contribution in [0.3, 0.4) is 0 Å². The lowest BCUT2D eigenvalue weighted by molar-refractivity contribution is -0.445. The molecule has 8 aliphatic rings. The molecule has 8 rings (SSSR count). The SMILES string of the molecule is C[C@@H]1C[C@@]2(N=CCS2)[C@]2(O)O[C@@H]3C[C@@]4(C=O)[C@@H](CC[C@@H]5[C@@H]4CC[C@]4(C)[C@@H](C6=CC(=O)OC6)C(O)C[C@]54O)C[C@H]3O[C@@H]2O1. The number of thioether (sulfide) groups is 1. The quantitative estimate of drug-likeness (QED) is 0.244. The zero-order chi connectivity index (χ0) is 29.3. The molecule has 14 atom stereocenters. The van der Waals surface area contributed by atoms with Crippen molar-refractivity contribution in [1.29, 1.82) is 0 Å². The van der Waals surface area contributed by atoms with Crippen molar-refractivity contribution in [2.45, 2.75) is 112 Å². The summed E-state index contributed by atoms with van der Waals surface area (Å²) in [4.78, 5) is 29.0. The van der Waals surface area contributed by atoms with Crippen molar-refractivity contribution in [3.63, 3.8) is 0 Å². The molecule has 42 heavy (non-hydrogen) atoms. The van der Waals surface area contributed by atoms with Crippen LogP contribution in [0.5, 0.6) is 0 Å². The number of cyclic esters (lactones) is 1. The number of aldehydes is 1. The highest BCUT2D eigenvalue weighted by Gasteiger charge is 2.73. The van der Waals surface area contributed by atoms with Gasteiger partial charge in [-0.3, -0.25) is 4.99 Å². The Morgan fingerprint density at radius 3 is 2.64 bits per heavy atom. The highest BCUT2D eigenvalue weighted by atomic mass is 32.2. The molecule has 0 aromatic heterocycles. The second kappa shape index (κ2) is 9.11. The molecule has 4 saturated carbocycles. The Kier molecular flexibility index (Phi) is 6.11. The van der Waals surface area contributed by atoms with Crippen LogP contribution in [0.2, 0.25) is 0 Å². The molecule has 11 heteroatoms. The first-order chi connectivity index (χ1) is 20.0. The Hall–Kier alpha value is -1.34. The first kappa shape index (κ1) is 28.2. The highest BCUT2D eigenvalue weighted by Crippen LogP contribution is 2.70. The summed E-state index contributed by atoms with van der Waals surface area (Å²) in [5.74, 6) is -2.10. The lowest BCUT2D eigenvalue weighted by Crippen LogP contribution is -2.73. The lowest BCUT2D eigenvalue weighted by atomic mass is 9.42. The van der Waals surface area contributed by atoms with Crippen molar-refractivity contribution in [3.05, 3.63) is 11.6 Å². The molecule has 3 N–H and O–H groups in total. The number of rotatable bonds is 2. The van der Waals surface area contributed by atoms with Gasteiger partial charge in [-0.05, 0) is 68.8 Å². The molecule has 6 fully saturated rings. The van der Waals surface area contributed by atoms with Crippen LogP contribution >= 0.6 is 11.8 Å². The van der Waals surface area contributed by atoms with Crippen LogP contribution in [-0.4, -0.2) is 93.1 Å². The Labute approximate surface area is 249 Å². The number of ether oxygens (including phenoxy) is 4. The van der Waals surface area contributed by atoms with E-state index in [9.17, 15) is 24.9 Å². The van der Waals surface area contributed by atoms with Gasteiger partial charge in [0.25, 0.3) is 5.79 Å². The molecule has 0 radical (unpaired) electrons. The van der Waals surface area contributed by atoms with Crippen molar-refractivity contribution in [1.82, 2.24) is 0 Å². The van der Waals surface area contributed by atoms with E-state index in [4.69, 9.17) is 23.9 Å². The van der Waals surface area contributed by atoms with Crippen molar-refractivity contribution < 1.29 is 43.9 Å². The number of carbonyl (C=O) groups excluding carboxylic acids is 2.